The predicted octanol–water partition coefficient (Wildman–Crippen LogP) is 4.81. The molecule has 0 fully saturated rings. The molecule has 6 nitrogen and oxygen atoms in total. The number of hydrogen-bond donors (Lipinski definition) is 2. The number of allylic oxidation sites excluding steroid dienone is 1. The lowest BCUT2D eigenvalue weighted by Gasteiger charge is -2.24. The molecular weight excluding hydrogens is 400 g/mol. The van der Waals surface area contributed by atoms with Crippen LogP contribution in [-0.2, 0) is 13.0 Å². The monoisotopic (exact) mass is 420 g/mol. The number of H-pyrrole nitrogens is 1. The van der Waals surface area contributed by atoms with Crippen molar-refractivity contribution in [3.05, 3.63) is 87.4 Å². The van der Waals surface area contributed by atoms with Crippen LogP contribution in [0.25, 0.3) is 0 Å². The second-order valence-electron chi connectivity index (χ2n) is 7.08. The van der Waals surface area contributed by atoms with Crippen LogP contribution in [0.2, 0.25) is 5.02 Å². The van der Waals surface area contributed by atoms with E-state index in [1.807, 2.05) is 48.5 Å². The number of aromatic amines is 1. The number of benzene rings is 2. The predicted molar refractivity (Wildman–Crippen MR) is 114 cm³/mol. The maximum Gasteiger partial charge on any atom is 0.244 e. The van der Waals surface area contributed by atoms with Crippen LogP contribution in [0.15, 0.2) is 60.0 Å². The Morgan fingerprint density at radius 3 is 2.60 bits per heavy atom. The Kier molecular flexibility index (Phi) is 5.64. The fourth-order valence-corrected chi connectivity index (χ4v) is 3.71. The van der Waals surface area contributed by atoms with Gasteiger partial charge in [-0.05, 0) is 41.8 Å². The standard InChI is InChI=1S/C23H21ClN4O2/c1-2-3-19-21-20(18(12-25)22(26)30-23(21)28-27-19)15-6-10-17(11-7-15)29-13-14-4-8-16(24)9-5-14/h4-11,20H,2-3,13,26H2,1H3,(H,27,28). The SMILES string of the molecule is CCCc1[nH]nc2c1C(c1ccc(OCc3ccc(Cl)cc3)cc1)C(C#N)=C(N)O2. The molecule has 0 saturated carbocycles. The van der Waals surface area contributed by atoms with E-state index >= 15 is 0 Å². The Balaban J connectivity index is 1.60. The minimum Gasteiger partial charge on any atom is -0.489 e. The van der Waals surface area contributed by atoms with Gasteiger partial charge in [0.15, 0.2) is 0 Å². The second-order valence-corrected chi connectivity index (χ2v) is 7.52. The summed E-state index contributed by atoms with van der Waals surface area (Å²) in [7, 11) is 0. The van der Waals surface area contributed by atoms with Crippen molar-refractivity contribution in [2.45, 2.75) is 32.3 Å². The van der Waals surface area contributed by atoms with Gasteiger partial charge in [0.25, 0.3) is 0 Å². The fourth-order valence-electron chi connectivity index (χ4n) is 3.59. The van der Waals surface area contributed by atoms with Crippen LogP contribution in [0.1, 0.15) is 41.6 Å². The van der Waals surface area contributed by atoms with E-state index < -0.39 is 0 Å². The van der Waals surface area contributed by atoms with Crippen LogP contribution in [0, 0.1) is 11.3 Å². The Morgan fingerprint density at radius 2 is 1.93 bits per heavy atom. The highest BCUT2D eigenvalue weighted by Crippen LogP contribution is 2.43. The van der Waals surface area contributed by atoms with Gasteiger partial charge in [0, 0.05) is 16.3 Å². The van der Waals surface area contributed by atoms with Gasteiger partial charge in [-0.1, -0.05) is 49.2 Å². The first-order chi connectivity index (χ1) is 14.6. The van der Waals surface area contributed by atoms with Crippen LogP contribution >= 0.6 is 11.6 Å². The summed E-state index contributed by atoms with van der Waals surface area (Å²) >= 11 is 5.92. The van der Waals surface area contributed by atoms with Gasteiger partial charge < -0.3 is 15.2 Å². The molecule has 0 bridgehead atoms. The Bertz CT molecular complexity index is 1110. The number of aryl methyl sites for hydroxylation is 1. The first kappa shape index (κ1) is 19.9. The minimum absolute atomic E-state index is 0.0904. The summed E-state index contributed by atoms with van der Waals surface area (Å²) in [6.07, 6.45) is 1.75. The number of aromatic nitrogens is 2. The number of rotatable bonds is 6. The average Bonchev–Trinajstić information content (AvgIpc) is 3.15. The highest BCUT2D eigenvalue weighted by molar-refractivity contribution is 6.30. The van der Waals surface area contributed by atoms with Gasteiger partial charge in [0.1, 0.15) is 24.0 Å². The van der Waals surface area contributed by atoms with Gasteiger partial charge in [-0.2, -0.15) is 5.26 Å². The van der Waals surface area contributed by atoms with Gasteiger partial charge in [-0.15, -0.1) is 5.10 Å². The molecule has 1 aromatic heterocycles. The third-order valence-corrected chi connectivity index (χ3v) is 5.30. The molecular formula is C23H21ClN4O2. The van der Waals surface area contributed by atoms with Crippen molar-refractivity contribution in [2.75, 3.05) is 0 Å². The molecule has 0 amide bonds. The molecule has 1 aliphatic heterocycles. The molecule has 3 aromatic rings. The van der Waals surface area contributed by atoms with E-state index in [4.69, 9.17) is 26.8 Å². The van der Waals surface area contributed by atoms with Crippen molar-refractivity contribution in [1.82, 2.24) is 10.2 Å². The molecule has 0 aliphatic carbocycles. The topological polar surface area (TPSA) is 97.0 Å². The quantitative estimate of drug-likeness (QED) is 0.596. The zero-order valence-corrected chi connectivity index (χ0v) is 17.2. The van der Waals surface area contributed by atoms with E-state index in [-0.39, 0.29) is 11.8 Å². The fraction of sp³-hybridized carbons (Fsp3) is 0.217. The molecule has 0 radical (unpaired) electrons. The van der Waals surface area contributed by atoms with E-state index in [1.165, 1.54) is 0 Å². The van der Waals surface area contributed by atoms with E-state index in [9.17, 15) is 5.26 Å². The first-order valence-electron chi connectivity index (χ1n) is 9.72. The van der Waals surface area contributed by atoms with Crippen LogP contribution in [0.4, 0.5) is 0 Å². The normalized spacial score (nSPS) is 15.3. The summed E-state index contributed by atoms with van der Waals surface area (Å²) < 4.78 is 11.5. The summed E-state index contributed by atoms with van der Waals surface area (Å²) in [6.45, 7) is 2.53. The third-order valence-electron chi connectivity index (χ3n) is 5.05. The Morgan fingerprint density at radius 1 is 1.20 bits per heavy atom. The van der Waals surface area contributed by atoms with Gasteiger partial charge in [0.2, 0.25) is 11.8 Å². The lowest BCUT2D eigenvalue weighted by molar-refractivity contribution is 0.306. The third kappa shape index (κ3) is 3.85. The molecule has 4 rings (SSSR count). The molecule has 7 heteroatoms. The number of halogens is 1. The lowest BCUT2D eigenvalue weighted by atomic mass is 9.83. The smallest absolute Gasteiger partial charge is 0.244 e. The summed E-state index contributed by atoms with van der Waals surface area (Å²) in [4.78, 5) is 0. The molecule has 1 atom stereocenters. The van der Waals surface area contributed by atoms with Crippen molar-refractivity contribution in [3.8, 4) is 17.7 Å². The molecule has 0 spiro atoms. The largest absolute Gasteiger partial charge is 0.489 e. The first-order valence-corrected chi connectivity index (χ1v) is 10.1. The molecule has 1 aliphatic rings. The summed E-state index contributed by atoms with van der Waals surface area (Å²) in [5.41, 5.74) is 10.2. The number of nitrogens with one attached hydrogen (secondary N) is 1. The second kappa shape index (κ2) is 8.52. The zero-order valence-electron chi connectivity index (χ0n) is 16.5. The molecule has 0 saturated heterocycles. The molecule has 2 aromatic carbocycles. The molecule has 30 heavy (non-hydrogen) atoms. The zero-order chi connectivity index (χ0) is 21.1. The van der Waals surface area contributed by atoms with Crippen molar-refractivity contribution < 1.29 is 9.47 Å². The highest BCUT2D eigenvalue weighted by atomic mass is 35.5. The van der Waals surface area contributed by atoms with Gasteiger partial charge >= 0.3 is 0 Å². The molecule has 1 unspecified atom stereocenters. The van der Waals surface area contributed by atoms with Gasteiger partial charge in [0.05, 0.1) is 5.92 Å². The highest BCUT2D eigenvalue weighted by Gasteiger charge is 2.34. The minimum atomic E-state index is -0.329. The Labute approximate surface area is 179 Å². The van der Waals surface area contributed by atoms with Crippen molar-refractivity contribution in [1.29, 1.82) is 5.26 Å². The van der Waals surface area contributed by atoms with E-state index in [1.54, 1.807) is 0 Å². The molecule has 3 N–H and O–H groups in total. The molecule has 152 valence electrons. The van der Waals surface area contributed by atoms with E-state index in [0.29, 0.717) is 23.1 Å². The van der Waals surface area contributed by atoms with Crippen LogP contribution in [-0.4, -0.2) is 10.2 Å². The number of nitrogens with two attached hydrogens (primary N) is 1. The van der Waals surface area contributed by atoms with Crippen molar-refractivity contribution in [3.63, 3.8) is 0 Å². The van der Waals surface area contributed by atoms with Crippen LogP contribution in [0.5, 0.6) is 11.6 Å². The number of nitriles is 1. The summed E-state index contributed by atoms with van der Waals surface area (Å²) in [6, 6.07) is 17.4. The van der Waals surface area contributed by atoms with Gasteiger partial charge in [-0.3, -0.25) is 5.10 Å². The number of hydrogen-bond acceptors (Lipinski definition) is 5. The maximum absolute atomic E-state index is 9.73. The maximum atomic E-state index is 9.73. The van der Waals surface area contributed by atoms with Crippen LogP contribution < -0.4 is 15.2 Å². The molecule has 2 heterocycles. The number of nitrogens with zero attached hydrogens (tertiary/aromatic N) is 2. The van der Waals surface area contributed by atoms with E-state index in [2.05, 4.69) is 23.2 Å². The Hall–Kier alpha value is -3.43. The lowest BCUT2D eigenvalue weighted by Crippen LogP contribution is -2.21. The van der Waals surface area contributed by atoms with Crippen molar-refractivity contribution >= 4 is 11.6 Å². The average molecular weight is 421 g/mol. The summed E-state index contributed by atoms with van der Waals surface area (Å²) in [5, 5.41) is 17.7. The van der Waals surface area contributed by atoms with Gasteiger partial charge in [-0.25, -0.2) is 0 Å². The summed E-state index contributed by atoms with van der Waals surface area (Å²) in [5.74, 6) is 0.928. The number of ether oxygens (including phenoxy) is 2. The van der Waals surface area contributed by atoms with E-state index in [0.717, 1.165) is 41.0 Å². The van der Waals surface area contributed by atoms with Crippen molar-refractivity contribution in [2.24, 2.45) is 5.73 Å². The number of fused-ring (bicyclic) bond motifs is 1. The van der Waals surface area contributed by atoms with Crippen LogP contribution in [0.3, 0.4) is 0 Å².